The van der Waals surface area contributed by atoms with Crippen LogP contribution in [0.15, 0.2) is 42.5 Å². The molecular weight excluding hydrogens is 394 g/mol. The van der Waals surface area contributed by atoms with Gasteiger partial charge >= 0.3 is 6.03 Å². The molecule has 2 atom stereocenters. The monoisotopic (exact) mass is 418 g/mol. The highest BCUT2D eigenvalue weighted by molar-refractivity contribution is 6.07. The number of halogens is 2. The van der Waals surface area contributed by atoms with E-state index in [0.29, 0.717) is 5.75 Å². The summed E-state index contributed by atoms with van der Waals surface area (Å²) >= 11 is 0. The van der Waals surface area contributed by atoms with Crippen molar-refractivity contribution in [2.24, 2.45) is 0 Å². The first-order valence-electron chi connectivity index (χ1n) is 9.63. The predicted octanol–water partition coefficient (Wildman–Crippen LogP) is 3.30. The average Bonchev–Trinajstić information content (AvgIpc) is 2.92. The van der Waals surface area contributed by atoms with E-state index in [1.807, 2.05) is 32.0 Å². The number of para-hydroxylation sites is 1. The minimum atomic E-state index is -1.77. The quantitative estimate of drug-likeness (QED) is 0.677. The molecule has 2 aromatic carbocycles. The number of aliphatic hydroxyl groups excluding tert-OH is 1. The third kappa shape index (κ3) is 4.14. The largest absolute Gasteiger partial charge is 0.491 e. The number of imide groups is 1. The van der Waals surface area contributed by atoms with Gasteiger partial charge in [-0.15, -0.1) is 0 Å². The summed E-state index contributed by atoms with van der Waals surface area (Å²) in [6.45, 7) is 4.83. The maximum Gasteiger partial charge on any atom is 0.325 e. The van der Waals surface area contributed by atoms with Crippen molar-refractivity contribution in [3.63, 3.8) is 0 Å². The Morgan fingerprint density at radius 2 is 1.87 bits per heavy atom. The Kier molecular flexibility index (Phi) is 6.07. The number of hydrogen-bond acceptors (Lipinski definition) is 4. The van der Waals surface area contributed by atoms with Gasteiger partial charge in [0.2, 0.25) is 0 Å². The van der Waals surface area contributed by atoms with Gasteiger partial charge in [0.1, 0.15) is 35.6 Å². The number of nitrogens with zero attached hydrogens (tertiary/aromatic N) is 1. The third-order valence-corrected chi connectivity index (χ3v) is 5.11. The van der Waals surface area contributed by atoms with Crippen molar-refractivity contribution < 1.29 is 28.2 Å². The van der Waals surface area contributed by atoms with Crippen molar-refractivity contribution in [2.45, 2.75) is 38.3 Å². The van der Waals surface area contributed by atoms with Crippen LogP contribution in [-0.2, 0) is 10.3 Å². The molecule has 0 aromatic heterocycles. The van der Waals surface area contributed by atoms with Gasteiger partial charge in [0.05, 0.1) is 6.54 Å². The van der Waals surface area contributed by atoms with E-state index in [1.54, 1.807) is 6.07 Å². The highest BCUT2D eigenvalue weighted by atomic mass is 19.1. The van der Waals surface area contributed by atoms with Crippen LogP contribution in [0.3, 0.4) is 0 Å². The molecule has 0 unspecified atom stereocenters. The number of aliphatic hydroxyl groups is 1. The van der Waals surface area contributed by atoms with Crippen molar-refractivity contribution in [1.82, 2.24) is 10.2 Å². The summed E-state index contributed by atoms with van der Waals surface area (Å²) < 4.78 is 33.5. The molecule has 1 fully saturated rings. The van der Waals surface area contributed by atoms with Gasteiger partial charge < -0.3 is 15.2 Å². The van der Waals surface area contributed by atoms with Gasteiger partial charge in [0, 0.05) is 5.56 Å². The second kappa shape index (κ2) is 8.39. The Morgan fingerprint density at radius 3 is 2.57 bits per heavy atom. The van der Waals surface area contributed by atoms with Crippen LogP contribution in [0.25, 0.3) is 0 Å². The number of urea groups is 1. The highest BCUT2D eigenvalue weighted by Crippen LogP contribution is 2.31. The van der Waals surface area contributed by atoms with Crippen molar-refractivity contribution in [1.29, 1.82) is 0 Å². The minimum Gasteiger partial charge on any atom is -0.491 e. The molecule has 0 radical (unpaired) electrons. The molecule has 2 N–H and O–H groups in total. The first-order chi connectivity index (χ1) is 14.1. The molecule has 0 aliphatic carbocycles. The first kappa shape index (κ1) is 21.7. The molecule has 1 heterocycles. The average molecular weight is 418 g/mol. The molecule has 0 saturated carbocycles. The lowest BCUT2D eigenvalue weighted by Gasteiger charge is -2.23. The molecule has 0 spiro atoms. The van der Waals surface area contributed by atoms with Gasteiger partial charge in [-0.1, -0.05) is 32.0 Å². The summed E-state index contributed by atoms with van der Waals surface area (Å²) in [5.74, 6) is -1.51. The predicted molar refractivity (Wildman–Crippen MR) is 106 cm³/mol. The number of benzene rings is 2. The Balaban J connectivity index is 1.71. The maximum absolute atomic E-state index is 14.2. The molecule has 1 aliphatic heterocycles. The maximum atomic E-state index is 14.2. The fraction of sp³-hybridized carbons (Fsp3) is 0.364. The van der Waals surface area contributed by atoms with Gasteiger partial charge in [-0.3, -0.25) is 9.69 Å². The Morgan fingerprint density at radius 1 is 1.17 bits per heavy atom. The Bertz CT molecular complexity index is 966. The SMILES string of the molecule is CC(C)c1ccccc1OC[C@@H](O)CN1C(=O)N[C@@](C)(c2cc(F)ccc2F)C1=O. The van der Waals surface area contributed by atoms with Crippen molar-refractivity contribution in [2.75, 3.05) is 13.2 Å². The van der Waals surface area contributed by atoms with Crippen LogP contribution in [0.2, 0.25) is 0 Å². The smallest absolute Gasteiger partial charge is 0.325 e. The van der Waals surface area contributed by atoms with Crippen LogP contribution < -0.4 is 10.1 Å². The number of ether oxygens (including phenoxy) is 1. The van der Waals surface area contributed by atoms with Crippen LogP contribution in [-0.4, -0.2) is 41.2 Å². The number of β-amino-alcohol motifs (C(OH)–C–C–N with tert-alkyl or cyclic N) is 1. The standard InChI is InChI=1S/C22H24F2N2O4/c1-13(2)16-6-4-5-7-19(16)30-12-15(27)11-26-20(28)22(3,25-21(26)29)17-10-14(23)8-9-18(17)24/h4-10,13,15,27H,11-12H2,1-3H3,(H,25,29)/t15-,22-/m0/s1. The van der Waals surface area contributed by atoms with Crippen LogP contribution in [0.5, 0.6) is 5.75 Å². The molecule has 1 aliphatic rings. The molecule has 8 heteroatoms. The lowest BCUT2D eigenvalue weighted by Crippen LogP contribution is -2.43. The molecule has 1 saturated heterocycles. The van der Waals surface area contributed by atoms with Gasteiger partial charge in [-0.05, 0) is 42.7 Å². The summed E-state index contributed by atoms with van der Waals surface area (Å²) in [5.41, 5.74) is -1.08. The normalized spacial score (nSPS) is 19.9. The van der Waals surface area contributed by atoms with E-state index in [0.717, 1.165) is 28.7 Å². The van der Waals surface area contributed by atoms with E-state index >= 15 is 0 Å². The topological polar surface area (TPSA) is 78.9 Å². The third-order valence-electron chi connectivity index (χ3n) is 5.11. The summed E-state index contributed by atoms with van der Waals surface area (Å²) in [4.78, 5) is 26.0. The minimum absolute atomic E-state index is 0.147. The van der Waals surface area contributed by atoms with Crippen LogP contribution in [0.4, 0.5) is 13.6 Å². The highest BCUT2D eigenvalue weighted by Gasteiger charge is 2.50. The molecular formula is C22H24F2N2O4. The molecule has 0 bridgehead atoms. The number of rotatable bonds is 7. The van der Waals surface area contributed by atoms with E-state index < -0.39 is 35.2 Å². The Hall–Kier alpha value is -3.00. The number of amides is 3. The van der Waals surface area contributed by atoms with Crippen LogP contribution in [0, 0.1) is 11.6 Å². The fourth-order valence-corrected chi connectivity index (χ4v) is 3.46. The first-order valence-corrected chi connectivity index (χ1v) is 9.63. The van der Waals surface area contributed by atoms with Crippen molar-refractivity contribution >= 4 is 11.9 Å². The molecule has 2 aromatic rings. The summed E-state index contributed by atoms with van der Waals surface area (Å²) in [7, 11) is 0. The van der Waals surface area contributed by atoms with Crippen LogP contribution >= 0.6 is 0 Å². The molecule has 3 rings (SSSR count). The summed E-state index contributed by atoms with van der Waals surface area (Å²) in [5, 5.41) is 12.7. The van der Waals surface area contributed by atoms with E-state index in [-0.39, 0.29) is 24.6 Å². The zero-order valence-electron chi connectivity index (χ0n) is 17.0. The summed E-state index contributed by atoms with van der Waals surface area (Å²) in [6.07, 6.45) is -1.17. The number of hydrogen-bond donors (Lipinski definition) is 2. The van der Waals surface area contributed by atoms with Gasteiger partial charge in [0.25, 0.3) is 5.91 Å². The zero-order chi connectivity index (χ0) is 22.1. The summed E-state index contributed by atoms with van der Waals surface area (Å²) in [6, 6.07) is 9.29. The van der Waals surface area contributed by atoms with E-state index in [1.165, 1.54) is 6.92 Å². The molecule has 3 amide bonds. The fourth-order valence-electron chi connectivity index (χ4n) is 3.46. The number of carbonyl (C=O) groups excluding carboxylic acids is 2. The van der Waals surface area contributed by atoms with Crippen molar-refractivity contribution in [3.8, 4) is 5.75 Å². The molecule has 6 nitrogen and oxygen atoms in total. The second-order valence-corrected chi connectivity index (χ2v) is 7.75. The van der Waals surface area contributed by atoms with Crippen LogP contribution in [0.1, 0.15) is 37.8 Å². The Labute approximate surface area is 173 Å². The van der Waals surface area contributed by atoms with E-state index in [4.69, 9.17) is 4.74 Å². The van der Waals surface area contributed by atoms with Gasteiger partial charge in [0.15, 0.2) is 0 Å². The van der Waals surface area contributed by atoms with E-state index in [9.17, 15) is 23.5 Å². The van der Waals surface area contributed by atoms with Gasteiger partial charge in [-0.2, -0.15) is 0 Å². The lowest BCUT2D eigenvalue weighted by molar-refractivity contribution is -0.132. The molecule has 160 valence electrons. The van der Waals surface area contributed by atoms with E-state index in [2.05, 4.69) is 5.32 Å². The number of nitrogens with one attached hydrogen (secondary N) is 1. The molecule has 30 heavy (non-hydrogen) atoms. The van der Waals surface area contributed by atoms with Gasteiger partial charge in [-0.25, -0.2) is 13.6 Å². The number of carbonyl (C=O) groups is 2. The lowest BCUT2D eigenvalue weighted by atomic mass is 9.91. The van der Waals surface area contributed by atoms with Crippen molar-refractivity contribution in [3.05, 3.63) is 65.2 Å². The zero-order valence-corrected chi connectivity index (χ0v) is 17.0. The second-order valence-electron chi connectivity index (χ2n) is 7.75.